The Kier molecular flexibility index (Phi) is 6.48. The van der Waals surface area contributed by atoms with Crippen molar-refractivity contribution in [1.82, 2.24) is 9.88 Å². The lowest BCUT2D eigenvalue weighted by Gasteiger charge is -2.29. The highest BCUT2D eigenvalue weighted by atomic mass is 35.5. The first-order valence-corrected chi connectivity index (χ1v) is 10.9. The van der Waals surface area contributed by atoms with E-state index < -0.39 is 23.6 Å². The molecule has 12 heteroatoms. The van der Waals surface area contributed by atoms with E-state index in [0.717, 1.165) is 17.0 Å². The maximum absolute atomic E-state index is 13.2. The number of nitrogens with one attached hydrogen (secondary N) is 1. The number of hydrogen-bond donors (Lipinski definition) is 1. The highest BCUT2D eigenvalue weighted by Gasteiger charge is 2.35. The van der Waals surface area contributed by atoms with Crippen LogP contribution in [-0.4, -0.2) is 21.5 Å². The summed E-state index contributed by atoms with van der Waals surface area (Å²) in [7, 11) is 0. The molecule has 174 valence electrons. The highest BCUT2D eigenvalue weighted by molar-refractivity contribution is 7.80. The van der Waals surface area contributed by atoms with Gasteiger partial charge in [0.15, 0.2) is 5.11 Å². The third-order valence-electron chi connectivity index (χ3n) is 4.84. The van der Waals surface area contributed by atoms with Crippen molar-refractivity contribution in [3.63, 3.8) is 0 Å². The Morgan fingerprint density at radius 1 is 0.971 bits per heavy atom. The molecule has 1 N–H and O–H groups in total. The summed E-state index contributed by atoms with van der Waals surface area (Å²) in [5.41, 5.74) is -0.558. The minimum Gasteiger partial charge on any atom is -0.314 e. The summed E-state index contributed by atoms with van der Waals surface area (Å²) in [5.74, 6) is -1.44. The molecule has 2 amide bonds. The van der Waals surface area contributed by atoms with Gasteiger partial charge in [0.05, 0.1) is 27.0 Å². The normalized spacial score (nSPS) is 15.8. The zero-order valence-electron chi connectivity index (χ0n) is 16.7. The number of hydrogen-bond acceptors (Lipinski definition) is 3. The molecule has 2 aromatic carbocycles. The van der Waals surface area contributed by atoms with Gasteiger partial charge >= 0.3 is 6.18 Å². The lowest BCUT2D eigenvalue weighted by Crippen LogP contribution is -2.54. The fourth-order valence-corrected chi connectivity index (χ4v) is 4.38. The van der Waals surface area contributed by atoms with Crippen molar-refractivity contribution in [2.24, 2.45) is 0 Å². The number of halogens is 6. The van der Waals surface area contributed by atoms with Crippen LogP contribution in [0.1, 0.15) is 11.3 Å². The zero-order chi connectivity index (χ0) is 24.8. The maximum atomic E-state index is 13.2. The summed E-state index contributed by atoms with van der Waals surface area (Å²) < 4.78 is 40.6. The van der Waals surface area contributed by atoms with Gasteiger partial charge in [-0.2, -0.15) is 13.2 Å². The summed E-state index contributed by atoms with van der Waals surface area (Å²) in [6.07, 6.45) is -1.88. The monoisotopic (exact) mass is 543 g/mol. The van der Waals surface area contributed by atoms with E-state index in [2.05, 4.69) is 5.32 Å². The van der Waals surface area contributed by atoms with Crippen molar-refractivity contribution in [3.8, 4) is 5.69 Å². The smallest absolute Gasteiger partial charge is 0.314 e. The van der Waals surface area contributed by atoms with Crippen molar-refractivity contribution in [2.75, 3.05) is 4.90 Å². The van der Waals surface area contributed by atoms with Gasteiger partial charge in [0.25, 0.3) is 11.8 Å². The molecule has 0 saturated carbocycles. The quantitative estimate of drug-likeness (QED) is 0.240. The van der Waals surface area contributed by atoms with Crippen molar-refractivity contribution in [3.05, 3.63) is 86.6 Å². The van der Waals surface area contributed by atoms with Gasteiger partial charge in [-0.25, -0.2) is 0 Å². The number of alkyl halides is 3. The van der Waals surface area contributed by atoms with Crippen LogP contribution < -0.4 is 10.2 Å². The average molecular weight is 545 g/mol. The van der Waals surface area contributed by atoms with Crippen molar-refractivity contribution in [2.45, 2.75) is 6.18 Å². The second-order valence-corrected chi connectivity index (χ2v) is 8.66. The Labute approximate surface area is 211 Å². The molecule has 1 aliphatic rings. The molecular formula is C22H11Cl3F3N3O2S. The number of carbonyl (C=O) groups excluding carboxylic acids is 2. The van der Waals surface area contributed by atoms with Crippen LogP contribution in [0.5, 0.6) is 0 Å². The van der Waals surface area contributed by atoms with Crippen LogP contribution >= 0.6 is 47.0 Å². The molecule has 0 spiro atoms. The molecule has 3 aromatic rings. The van der Waals surface area contributed by atoms with Gasteiger partial charge in [0, 0.05) is 16.9 Å². The van der Waals surface area contributed by atoms with Crippen molar-refractivity contribution in [1.29, 1.82) is 0 Å². The predicted molar refractivity (Wildman–Crippen MR) is 128 cm³/mol. The van der Waals surface area contributed by atoms with Crippen LogP contribution in [0.2, 0.25) is 15.1 Å². The fraction of sp³-hybridized carbons (Fsp3) is 0.0455. The zero-order valence-corrected chi connectivity index (χ0v) is 19.7. The second kappa shape index (κ2) is 9.07. The molecule has 0 atom stereocenters. The number of nitrogens with zero attached hydrogens (tertiary/aromatic N) is 2. The molecule has 4 rings (SSSR count). The standard InChI is InChI=1S/C22H11Cl3F3N3O2S/c23-12-3-5-13(6-4-12)31-20(33)15(19(32)29-21(31)34)10-14-2-1-7-30(14)18-16(24)8-11(9-17(18)25)22(26,27)28/h1-10H,(H,29,32,34)/b15-10+. The van der Waals surface area contributed by atoms with Crippen molar-refractivity contribution < 1.29 is 22.8 Å². The number of aromatic nitrogens is 1. The Balaban J connectivity index is 1.77. The van der Waals surface area contributed by atoms with Crippen LogP contribution in [0, 0.1) is 0 Å². The molecule has 1 saturated heterocycles. The third kappa shape index (κ3) is 4.56. The van der Waals surface area contributed by atoms with Gasteiger partial charge in [-0.1, -0.05) is 34.8 Å². The van der Waals surface area contributed by atoms with Gasteiger partial charge in [-0.3, -0.25) is 19.8 Å². The number of anilines is 1. The van der Waals surface area contributed by atoms with E-state index in [1.165, 1.54) is 22.9 Å². The first kappa shape index (κ1) is 24.3. The molecule has 5 nitrogen and oxygen atoms in total. The number of carbonyl (C=O) groups is 2. The number of benzene rings is 2. The Bertz CT molecular complexity index is 1340. The van der Waals surface area contributed by atoms with Gasteiger partial charge in [-0.05, 0) is 66.8 Å². The molecular weight excluding hydrogens is 534 g/mol. The topological polar surface area (TPSA) is 54.3 Å². The minimum atomic E-state index is -4.64. The predicted octanol–water partition coefficient (Wildman–Crippen LogP) is 6.29. The molecule has 1 aromatic heterocycles. The summed E-state index contributed by atoms with van der Waals surface area (Å²) in [6, 6.07) is 10.8. The summed E-state index contributed by atoms with van der Waals surface area (Å²) in [5, 5.41) is 2.26. The first-order valence-electron chi connectivity index (χ1n) is 9.38. The van der Waals surface area contributed by atoms with Gasteiger partial charge in [0.1, 0.15) is 5.57 Å². The maximum Gasteiger partial charge on any atom is 0.416 e. The molecule has 1 aliphatic heterocycles. The first-order chi connectivity index (χ1) is 16.0. The van der Waals surface area contributed by atoms with E-state index in [1.54, 1.807) is 30.3 Å². The Morgan fingerprint density at radius 2 is 1.59 bits per heavy atom. The van der Waals surface area contributed by atoms with Gasteiger partial charge < -0.3 is 4.57 Å². The Hall–Kier alpha value is -2.85. The summed E-state index contributed by atoms with van der Waals surface area (Å²) in [6.45, 7) is 0. The van der Waals surface area contributed by atoms with Crippen LogP contribution in [0.25, 0.3) is 11.8 Å². The molecule has 0 unspecified atom stereocenters. The molecule has 0 radical (unpaired) electrons. The molecule has 1 fully saturated rings. The molecule has 2 heterocycles. The lowest BCUT2D eigenvalue weighted by molar-refractivity contribution is -0.137. The fourth-order valence-electron chi connectivity index (χ4n) is 3.30. The summed E-state index contributed by atoms with van der Waals surface area (Å²) in [4.78, 5) is 26.9. The van der Waals surface area contributed by atoms with Crippen LogP contribution in [0.15, 0.2) is 60.3 Å². The second-order valence-electron chi connectivity index (χ2n) is 7.02. The van der Waals surface area contributed by atoms with E-state index >= 15 is 0 Å². The van der Waals surface area contributed by atoms with Crippen LogP contribution in [-0.2, 0) is 15.8 Å². The van der Waals surface area contributed by atoms with Crippen LogP contribution in [0.3, 0.4) is 0 Å². The lowest BCUT2D eigenvalue weighted by atomic mass is 10.1. The summed E-state index contributed by atoms with van der Waals surface area (Å²) >= 11 is 23.3. The number of thiocarbonyl (C=S) groups is 1. The van der Waals surface area contributed by atoms with Gasteiger partial charge in [-0.15, -0.1) is 0 Å². The van der Waals surface area contributed by atoms with E-state index in [1.807, 2.05) is 0 Å². The third-order valence-corrected chi connectivity index (χ3v) is 5.96. The average Bonchev–Trinajstić information content (AvgIpc) is 3.19. The minimum absolute atomic E-state index is 0.0573. The largest absolute Gasteiger partial charge is 0.416 e. The van der Waals surface area contributed by atoms with E-state index in [9.17, 15) is 22.8 Å². The van der Waals surface area contributed by atoms with Crippen LogP contribution in [0.4, 0.5) is 18.9 Å². The van der Waals surface area contributed by atoms with E-state index in [4.69, 9.17) is 47.0 Å². The van der Waals surface area contributed by atoms with Crippen molar-refractivity contribution >= 4 is 75.7 Å². The molecule has 34 heavy (non-hydrogen) atoms. The van der Waals surface area contributed by atoms with Gasteiger partial charge in [0.2, 0.25) is 0 Å². The van der Waals surface area contributed by atoms with E-state index in [-0.39, 0.29) is 32.1 Å². The highest BCUT2D eigenvalue weighted by Crippen LogP contribution is 2.38. The molecule has 0 bridgehead atoms. The molecule has 0 aliphatic carbocycles. The van der Waals surface area contributed by atoms with E-state index in [0.29, 0.717) is 10.7 Å². The Morgan fingerprint density at radius 3 is 2.18 bits per heavy atom. The number of rotatable bonds is 3. The SMILES string of the molecule is O=C1NC(=S)N(c2ccc(Cl)cc2)C(=O)/C1=C/c1cccn1-c1c(Cl)cc(C(F)(F)F)cc1Cl. The number of amides is 2.